The van der Waals surface area contributed by atoms with Gasteiger partial charge >= 0.3 is 0 Å². The van der Waals surface area contributed by atoms with E-state index in [0.717, 1.165) is 73.2 Å². The minimum absolute atomic E-state index is 0.225. The maximum absolute atomic E-state index is 11.0. The Hall–Kier alpha value is -3.92. The van der Waals surface area contributed by atoms with E-state index in [-0.39, 0.29) is 23.0 Å². The molecule has 4 rings (SSSR count). The van der Waals surface area contributed by atoms with E-state index >= 15 is 0 Å². The summed E-state index contributed by atoms with van der Waals surface area (Å²) in [7, 11) is 0. The molecule has 0 fully saturated rings. The molecule has 198 valence electrons. The number of phenols is 4. The molecule has 4 aromatic carbocycles. The third-order valence-electron chi connectivity index (χ3n) is 7.87. The molecule has 4 N–H and O–H groups in total. The molecule has 4 nitrogen and oxygen atoms in total. The first kappa shape index (κ1) is 27.1. The van der Waals surface area contributed by atoms with Crippen LogP contribution in [-0.4, -0.2) is 20.4 Å². The lowest BCUT2D eigenvalue weighted by Crippen LogP contribution is -2.05. The van der Waals surface area contributed by atoms with Gasteiger partial charge in [-0.25, -0.2) is 0 Å². The van der Waals surface area contributed by atoms with Crippen molar-refractivity contribution in [3.63, 3.8) is 0 Å². The normalized spacial score (nSPS) is 11.2. The molecule has 4 heteroatoms. The van der Waals surface area contributed by atoms with Gasteiger partial charge in [0.2, 0.25) is 0 Å². The van der Waals surface area contributed by atoms with E-state index in [0.29, 0.717) is 19.3 Å². The van der Waals surface area contributed by atoms with Crippen LogP contribution in [0.1, 0.15) is 73.7 Å². The zero-order valence-electron chi connectivity index (χ0n) is 23.2. The Morgan fingerprint density at radius 1 is 0.526 bits per heavy atom. The van der Waals surface area contributed by atoms with Crippen molar-refractivity contribution in [2.75, 3.05) is 0 Å². The Balaban J connectivity index is 1.75. The number of hydrogen-bond donors (Lipinski definition) is 4. The van der Waals surface area contributed by atoms with E-state index in [1.165, 1.54) is 0 Å². The van der Waals surface area contributed by atoms with Crippen LogP contribution in [0, 0.1) is 34.6 Å². The molecule has 0 atom stereocenters. The van der Waals surface area contributed by atoms with Gasteiger partial charge in [-0.05, 0) is 110 Å². The van der Waals surface area contributed by atoms with Gasteiger partial charge in [-0.15, -0.1) is 0 Å². The fourth-order valence-electron chi connectivity index (χ4n) is 5.34. The Morgan fingerprint density at radius 2 is 1.00 bits per heavy atom. The second-order valence-corrected chi connectivity index (χ2v) is 10.6. The Morgan fingerprint density at radius 3 is 1.50 bits per heavy atom. The van der Waals surface area contributed by atoms with E-state index in [1.54, 1.807) is 12.1 Å². The van der Waals surface area contributed by atoms with E-state index in [2.05, 4.69) is 6.92 Å². The molecule has 0 unspecified atom stereocenters. The fraction of sp³-hybridized carbons (Fsp3) is 0.294. The van der Waals surface area contributed by atoms with Crippen molar-refractivity contribution in [2.24, 2.45) is 0 Å². The Kier molecular flexibility index (Phi) is 7.73. The lowest BCUT2D eigenvalue weighted by Gasteiger charge is -2.20. The summed E-state index contributed by atoms with van der Waals surface area (Å²) in [6, 6.07) is 15.3. The van der Waals surface area contributed by atoms with Crippen LogP contribution in [0.25, 0.3) is 0 Å². The smallest absolute Gasteiger partial charge is 0.122 e. The molecule has 0 aliphatic rings. The van der Waals surface area contributed by atoms with Gasteiger partial charge in [-0.2, -0.15) is 0 Å². The van der Waals surface area contributed by atoms with Crippen LogP contribution in [0.4, 0.5) is 0 Å². The predicted molar refractivity (Wildman–Crippen MR) is 154 cm³/mol. The average Bonchev–Trinajstić information content (AvgIpc) is 2.89. The molecule has 4 aromatic rings. The molecule has 0 saturated heterocycles. The summed E-state index contributed by atoms with van der Waals surface area (Å²) in [4.78, 5) is 0. The molecule has 0 spiro atoms. The van der Waals surface area contributed by atoms with Crippen LogP contribution in [-0.2, 0) is 25.7 Å². The van der Waals surface area contributed by atoms with Crippen LogP contribution >= 0.6 is 0 Å². The molecular formula is C34H38O4. The minimum atomic E-state index is 0.225. The fourth-order valence-corrected chi connectivity index (χ4v) is 5.34. The maximum atomic E-state index is 11.0. The van der Waals surface area contributed by atoms with Crippen molar-refractivity contribution < 1.29 is 20.4 Å². The molecule has 0 saturated carbocycles. The highest BCUT2D eigenvalue weighted by Gasteiger charge is 2.19. The first-order valence-electron chi connectivity index (χ1n) is 13.2. The van der Waals surface area contributed by atoms with Crippen molar-refractivity contribution in [3.8, 4) is 23.0 Å². The summed E-state index contributed by atoms with van der Waals surface area (Å²) >= 11 is 0. The minimum Gasteiger partial charge on any atom is -0.508 e. The third kappa shape index (κ3) is 5.35. The molecule has 0 aliphatic carbocycles. The first-order valence-corrected chi connectivity index (χ1v) is 13.2. The molecule has 0 aromatic heterocycles. The number of hydrogen-bond acceptors (Lipinski definition) is 4. The molecule has 0 heterocycles. The highest BCUT2D eigenvalue weighted by molar-refractivity contribution is 5.56. The molecule has 0 radical (unpaired) electrons. The SMILES string of the molecule is CCc1ccc(O)c(Cc2c(C)c(Cc3cc(C)c(O)c(Cc4cc(C)ccc4O)c3C)cc(C)c2O)c1. The quantitative estimate of drug-likeness (QED) is 0.209. The molecule has 38 heavy (non-hydrogen) atoms. The third-order valence-corrected chi connectivity index (χ3v) is 7.87. The van der Waals surface area contributed by atoms with Crippen molar-refractivity contribution in [1.29, 1.82) is 0 Å². The van der Waals surface area contributed by atoms with Gasteiger partial charge in [0.1, 0.15) is 23.0 Å². The monoisotopic (exact) mass is 510 g/mol. The number of rotatable bonds is 7. The second-order valence-electron chi connectivity index (χ2n) is 10.6. The van der Waals surface area contributed by atoms with Gasteiger partial charge in [-0.3, -0.25) is 0 Å². The molecule has 0 bridgehead atoms. The number of benzene rings is 4. The van der Waals surface area contributed by atoms with Crippen LogP contribution in [0.15, 0.2) is 48.5 Å². The standard InChI is InChI=1S/C34H38O4/c1-7-24-9-11-32(36)28(15-24)18-30-23(6)26(14-21(4)34(30)38)16-25-13-20(3)33(37)29(22(25)5)17-27-12-19(2)8-10-31(27)35/h8-15,35-38H,7,16-18H2,1-6H3. The van der Waals surface area contributed by atoms with Crippen LogP contribution < -0.4 is 0 Å². The lowest BCUT2D eigenvalue weighted by molar-refractivity contribution is 0.459. The highest BCUT2D eigenvalue weighted by atomic mass is 16.3. The Bertz CT molecular complexity index is 1510. The summed E-state index contributed by atoms with van der Waals surface area (Å²) in [6.07, 6.45) is 2.39. The maximum Gasteiger partial charge on any atom is 0.122 e. The van der Waals surface area contributed by atoms with Gasteiger partial charge in [0.25, 0.3) is 0 Å². The van der Waals surface area contributed by atoms with Crippen molar-refractivity contribution >= 4 is 0 Å². The number of aromatic hydroxyl groups is 4. The summed E-state index contributed by atoms with van der Waals surface area (Å²) in [6.45, 7) is 11.9. The molecule has 0 aliphatic heterocycles. The van der Waals surface area contributed by atoms with E-state index < -0.39 is 0 Å². The first-order chi connectivity index (χ1) is 18.0. The molecular weight excluding hydrogens is 472 g/mol. The topological polar surface area (TPSA) is 80.9 Å². The van der Waals surface area contributed by atoms with Gasteiger partial charge in [-0.1, -0.05) is 48.9 Å². The summed E-state index contributed by atoms with van der Waals surface area (Å²) < 4.78 is 0. The molecule has 0 amide bonds. The van der Waals surface area contributed by atoms with Gasteiger partial charge in [0.15, 0.2) is 0 Å². The summed E-state index contributed by atoms with van der Waals surface area (Å²) in [5, 5.41) is 42.9. The second kappa shape index (κ2) is 10.8. The van der Waals surface area contributed by atoms with Gasteiger partial charge in [0.05, 0.1) is 0 Å². The van der Waals surface area contributed by atoms with Crippen LogP contribution in [0.2, 0.25) is 0 Å². The predicted octanol–water partition coefficient (Wildman–Crippen LogP) is 7.39. The zero-order chi connectivity index (χ0) is 27.7. The van der Waals surface area contributed by atoms with Crippen molar-refractivity contribution in [3.05, 3.63) is 115 Å². The summed E-state index contributed by atoms with van der Waals surface area (Å²) in [5.41, 5.74) is 11.2. The van der Waals surface area contributed by atoms with Gasteiger partial charge < -0.3 is 20.4 Å². The number of phenolic OH excluding ortho intramolecular Hbond substituents is 4. The number of aryl methyl sites for hydroxylation is 4. The van der Waals surface area contributed by atoms with Gasteiger partial charge in [0, 0.05) is 24.0 Å². The van der Waals surface area contributed by atoms with Crippen molar-refractivity contribution in [1.82, 2.24) is 0 Å². The van der Waals surface area contributed by atoms with Crippen LogP contribution in [0.3, 0.4) is 0 Å². The highest BCUT2D eigenvalue weighted by Crippen LogP contribution is 2.37. The largest absolute Gasteiger partial charge is 0.508 e. The average molecular weight is 511 g/mol. The zero-order valence-corrected chi connectivity index (χ0v) is 23.2. The summed E-state index contributed by atoms with van der Waals surface area (Å²) in [5.74, 6) is 0.986. The van der Waals surface area contributed by atoms with E-state index in [9.17, 15) is 20.4 Å². The van der Waals surface area contributed by atoms with Crippen molar-refractivity contribution in [2.45, 2.75) is 67.2 Å². The van der Waals surface area contributed by atoms with Crippen LogP contribution in [0.5, 0.6) is 23.0 Å². The van der Waals surface area contributed by atoms with E-state index in [4.69, 9.17) is 0 Å². The Labute approximate surface area is 225 Å². The van der Waals surface area contributed by atoms with E-state index in [1.807, 2.05) is 71.0 Å². The lowest BCUT2D eigenvalue weighted by atomic mass is 9.86.